The van der Waals surface area contributed by atoms with E-state index in [-0.39, 0.29) is 12.3 Å². The van der Waals surface area contributed by atoms with Crippen LogP contribution in [0.2, 0.25) is 0 Å². The quantitative estimate of drug-likeness (QED) is 0.179. The monoisotopic (exact) mass is 565 g/mol. The summed E-state index contributed by atoms with van der Waals surface area (Å²) in [6.07, 6.45) is 12.2. The number of halogens is 3. The Kier molecular flexibility index (Phi) is 14.2. The molecule has 0 saturated carbocycles. The third kappa shape index (κ3) is 14.0. The zero-order valence-electron chi connectivity index (χ0n) is 24.3. The van der Waals surface area contributed by atoms with Gasteiger partial charge in [0.25, 0.3) is 5.91 Å². The van der Waals surface area contributed by atoms with E-state index in [0.717, 1.165) is 51.4 Å². The van der Waals surface area contributed by atoms with Crippen molar-refractivity contribution in [2.75, 3.05) is 11.4 Å². The number of carbonyl (C=O) groups excluding carboxylic acids is 2. The van der Waals surface area contributed by atoms with Gasteiger partial charge in [0.15, 0.2) is 0 Å². The molecule has 0 unspecified atom stereocenters. The Morgan fingerprint density at radius 1 is 0.800 bits per heavy atom. The van der Waals surface area contributed by atoms with Crippen LogP contribution in [0.25, 0.3) is 0 Å². The molecular formula is C31H46F3N3O3. The van der Waals surface area contributed by atoms with Crippen molar-refractivity contribution in [3.63, 3.8) is 0 Å². The van der Waals surface area contributed by atoms with Gasteiger partial charge in [0.05, 0.1) is 0 Å². The zero-order valence-corrected chi connectivity index (χ0v) is 24.3. The average molecular weight is 566 g/mol. The second-order valence-corrected chi connectivity index (χ2v) is 11.4. The summed E-state index contributed by atoms with van der Waals surface area (Å²) >= 11 is 0. The molecule has 1 aromatic carbocycles. The Morgan fingerprint density at radius 3 is 1.75 bits per heavy atom. The molecule has 0 spiro atoms. The molecular weight excluding hydrogens is 519 g/mol. The first kappa shape index (κ1) is 33.4. The van der Waals surface area contributed by atoms with Gasteiger partial charge in [-0.3, -0.25) is 14.3 Å². The van der Waals surface area contributed by atoms with Crippen LogP contribution in [0, 0.1) is 0 Å². The minimum Gasteiger partial charge on any atom is -0.443 e. The molecule has 9 heteroatoms. The number of hydrogen-bond donors (Lipinski definition) is 0. The zero-order chi connectivity index (χ0) is 29.4. The lowest BCUT2D eigenvalue weighted by molar-refractivity contribution is -0.135. The highest BCUT2D eigenvalue weighted by molar-refractivity contribution is 5.96. The maximum atomic E-state index is 12.9. The van der Waals surface area contributed by atoms with Gasteiger partial charge in [-0.15, -0.1) is 0 Å². The average Bonchev–Trinajstić information content (AvgIpc) is 3.42. The fourth-order valence-electron chi connectivity index (χ4n) is 4.50. The number of rotatable bonds is 17. The van der Waals surface area contributed by atoms with Gasteiger partial charge in [0.1, 0.15) is 11.9 Å². The Hall–Kier alpha value is -2.84. The maximum absolute atomic E-state index is 12.9. The van der Waals surface area contributed by atoms with Crippen LogP contribution in [0.4, 0.5) is 23.7 Å². The molecule has 0 aliphatic heterocycles. The van der Waals surface area contributed by atoms with E-state index in [1.54, 1.807) is 41.6 Å². The molecule has 224 valence electrons. The topological polar surface area (TPSA) is 64.4 Å². The molecule has 0 fully saturated rings. The van der Waals surface area contributed by atoms with Crippen molar-refractivity contribution in [2.45, 2.75) is 122 Å². The van der Waals surface area contributed by atoms with Gasteiger partial charge in [-0.1, -0.05) is 70.6 Å². The number of hydrogen-bond acceptors (Lipinski definition) is 4. The standard InChI is InChI=1S/C31H46F3N3O3/c1-30(2,3)40-29(39)37(27-19-17-26(18-20-27)28(38)36-24-22-35-25-36)23-16-14-12-10-8-6-4-5-7-9-11-13-15-21-31(32,33)34/h17-20,22,24-25H,4-16,21,23H2,1-3H3. The molecule has 2 rings (SSSR count). The second-order valence-electron chi connectivity index (χ2n) is 11.4. The summed E-state index contributed by atoms with van der Waals surface area (Å²) < 4.78 is 43.4. The molecule has 2 aromatic rings. The third-order valence-electron chi connectivity index (χ3n) is 6.62. The fourth-order valence-corrected chi connectivity index (χ4v) is 4.50. The molecule has 1 aromatic heterocycles. The molecule has 0 aliphatic rings. The SMILES string of the molecule is CC(C)(C)OC(=O)N(CCCCCCCCCCCCCCCC(F)(F)F)c1ccc(C(=O)n2ccnc2)cc1. The summed E-state index contributed by atoms with van der Waals surface area (Å²) in [5, 5.41) is 0. The van der Waals surface area contributed by atoms with E-state index in [9.17, 15) is 22.8 Å². The van der Waals surface area contributed by atoms with Crippen LogP contribution in [0.3, 0.4) is 0 Å². The molecule has 0 saturated heterocycles. The van der Waals surface area contributed by atoms with Crippen molar-refractivity contribution < 1.29 is 27.5 Å². The van der Waals surface area contributed by atoms with Crippen molar-refractivity contribution >= 4 is 17.7 Å². The lowest BCUT2D eigenvalue weighted by atomic mass is 10.0. The molecule has 1 amide bonds. The van der Waals surface area contributed by atoms with Gasteiger partial charge < -0.3 is 4.74 Å². The summed E-state index contributed by atoms with van der Waals surface area (Å²) in [7, 11) is 0. The number of unbranched alkanes of at least 4 members (excludes halogenated alkanes) is 12. The van der Waals surface area contributed by atoms with Gasteiger partial charge >= 0.3 is 12.3 Å². The van der Waals surface area contributed by atoms with E-state index >= 15 is 0 Å². The lowest BCUT2D eigenvalue weighted by Gasteiger charge is -2.27. The summed E-state index contributed by atoms with van der Waals surface area (Å²) in [6.45, 7) is 6.06. The Balaban J connectivity index is 1.66. The van der Waals surface area contributed by atoms with Crippen LogP contribution in [0.15, 0.2) is 43.0 Å². The highest BCUT2D eigenvalue weighted by Gasteiger charge is 2.26. The van der Waals surface area contributed by atoms with E-state index in [4.69, 9.17) is 4.74 Å². The predicted molar refractivity (Wildman–Crippen MR) is 153 cm³/mol. The molecule has 0 aliphatic carbocycles. The Morgan fingerprint density at radius 2 is 1.30 bits per heavy atom. The first-order valence-electron chi connectivity index (χ1n) is 14.7. The van der Waals surface area contributed by atoms with Gasteiger partial charge in [-0.2, -0.15) is 13.2 Å². The van der Waals surface area contributed by atoms with Gasteiger partial charge in [-0.05, 0) is 57.9 Å². The molecule has 0 N–H and O–H groups in total. The summed E-state index contributed by atoms with van der Waals surface area (Å²) in [5.41, 5.74) is 0.586. The van der Waals surface area contributed by atoms with Crippen LogP contribution in [-0.2, 0) is 4.74 Å². The number of ether oxygens (including phenoxy) is 1. The van der Waals surface area contributed by atoms with Crippen LogP contribution in [-0.4, -0.2) is 39.9 Å². The largest absolute Gasteiger partial charge is 0.443 e. The fraction of sp³-hybridized carbons (Fsp3) is 0.645. The summed E-state index contributed by atoms with van der Waals surface area (Å²) in [4.78, 5) is 31.0. The molecule has 1 heterocycles. The van der Waals surface area contributed by atoms with Gasteiger partial charge in [0.2, 0.25) is 0 Å². The predicted octanol–water partition coefficient (Wildman–Crippen LogP) is 9.34. The van der Waals surface area contributed by atoms with E-state index in [2.05, 4.69) is 4.98 Å². The van der Waals surface area contributed by atoms with Crippen LogP contribution >= 0.6 is 0 Å². The van der Waals surface area contributed by atoms with Gasteiger partial charge in [-0.25, -0.2) is 9.78 Å². The first-order valence-corrected chi connectivity index (χ1v) is 14.7. The lowest BCUT2D eigenvalue weighted by Crippen LogP contribution is -2.37. The minimum atomic E-state index is -4.02. The Labute approximate surface area is 237 Å². The molecule has 40 heavy (non-hydrogen) atoms. The van der Waals surface area contributed by atoms with Crippen molar-refractivity contribution in [1.29, 1.82) is 0 Å². The molecule has 0 radical (unpaired) electrons. The number of aromatic nitrogens is 2. The molecule has 0 atom stereocenters. The second kappa shape index (κ2) is 17.1. The minimum absolute atomic E-state index is 0.187. The normalized spacial score (nSPS) is 11.9. The number of benzene rings is 1. The van der Waals surface area contributed by atoms with Crippen molar-refractivity contribution in [3.8, 4) is 0 Å². The number of alkyl halides is 3. The molecule has 0 bridgehead atoms. The Bertz CT molecular complexity index is 984. The van der Waals surface area contributed by atoms with Crippen LogP contribution in [0.1, 0.15) is 121 Å². The van der Waals surface area contributed by atoms with Crippen molar-refractivity contribution in [3.05, 3.63) is 48.5 Å². The number of nitrogens with zero attached hydrogens (tertiary/aromatic N) is 3. The van der Waals surface area contributed by atoms with E-state index in [0.29, 0.717) is 24.2 Å². The molecule has 6 nitrogen and oxygen atoms in total. The van der Waals surface area contributed by atoms with E-state index in [1.807, 2.05) is 20.8 Å². The third-order valence-corrected chi connectivity index (χ3v) is 6.62. The smallest absolute Gasteiger partial charge is 0.414 e. The highest BCUT2D eigenvalue weighted by atomic mass is 19.4. The van der Waals surface area contributed by atoms with Gasteiger partial charge in [0, 0.05) is 36.6 Å². The number of imidazole rings is 1. The van der Waals surface area contributed by atoms with Crippen LogP contribution in [0.5, 0.6) is 0 Å². The number of amides is 1. The first-order chi connectivity index (χ1) is 19.0. The van der Waals surface area contributed by atoms with E-state index < -0.39 is 24.3 Å². The number of carbonyl (C=O) groups is 2. The van der Waals surface area contributed by atoms with Crippen LogP contribution < -0.4 is 4.90 Å². The summed E-state index contributed by atoms with van der Waals surface area (Å²) in [6, 6.07) is 6.97. The van der Waals surface area contributed by atoms with Crippen molar-refractivity contribution in [2.24, 2.45) is 0 Å². The van der Waals surface area contributed by atoms with E-state index in [1.165, 1.54) is 30.2 Å². The van der Waals surface area contributed by atoms with Crippen molar-refractivity contribution in [1.82, 2.24) is 9.55 Å². The summed E-state index contributed by atoms with van der Waals surface area (Å²) in [5.74, 6) is -0.187. The highest BCUT2D eigenvalue weighted by Crippen LogP contribution is 2.24. The number of anilines is 1. The maximum Gasteiger partial charge on any atom is 0.414 e.